The van der Waals surface area contributed by atoms with Crippen LogP contribution in [0.4, 0.5) is 11.6 Å². The second-order valence-corrected chi connectivity index (χ2v) is 3.63. The zero-order valence-corrected chi connectivity index (χ0v) is 10.5. The van der Waals surface area contributed by atoms with Gasteiger partial charge in [0.15, 0.2) is 0 Å². The van der Waals surface area contributed by atoms with Crippen LogP contribution in [0.3, 0.4) is 0 Å². The third-order valence-corrected chi connectivity index (χ3v) is 2.46. The number of rotatable bonds is 7. The average molecular weight is 240 g/mol. The maximum absolute atomic E-state index is 9.21. The Morgan fingerprint density at radius 2 is 2.12 bits per heavy atom. The number of aromatic nitrogens is 2. The van der Waals surface area contributed by atoms with Gasteiger partial charge in [-0.2, -0.15) is 0 Å². The van der Waals surface area contributed by atoms with Crippen LogP contribution in [0.25, 0.3) is 0 Å². The van der Waals surface area contributed by atoms with Crippen LogP contribution in [0.1, 0.15) is 12.5 Å². The van der Waals surface area contributed by atoms with Crippen molar-refractivity contribution in [3.8, 4) is 0 Å². The van der Waals surface area contributed by atoms with Crippen molar-refractivity contribution < 1.29 is 9.84 Å². The van der Waals surface area contributed by atoms with E-state index in [1.807, 2.05) is 14.0 Å². The van der Waals surface area contributed by atoms with Crippen LogP contribution in [0, 0.1) is 0 Å². The van der Waals surface area contributed by atoms with Crippen LogP contribution in [0.5, 0.6) is 0 Å². The number of ether oxygens (including phenoxy) is 1. The fourth-order valence-electron chi connectivity index (χ4n) is 1.62. The van der Waals surface area contributed by atoms with E-state index < -0.39 is 0 Å². The lowest BCUT2D eigenvalue weighted by molar-refractivity contribution is 0.153. The Labute approximate surface area is 101 Å². The summed E-state index contributed by atoms with van der Waals surface area (Å²) in [6, 6.07) is -0.162. The molecule has 0 fully saturated rings. The molecule has 1 unspecified atom stereocenters. The molecule has 0 saturated heterocycles. The fourth-order valence-corrected chi connectivity index (χ4v) is 1.62. The van der Waals surface area contributed by atoms with Gasteiger partial charge in [-0.1, -0.05) is 6.92 Å². The van der Waals surface area contributed by atoms with Crippen LogP contribution in [0.15, 0.2) is 6.33 Å². The smallest absolute Gasteiger partial charge is 0.135 e. The van der Waals surface area contributed by atoms with Gasteiger partial charge in [-0.05, 0) is 6.42 Å². The highest BCUT2D eigenvalue weighted by Crippen LogP contribution is 2.20. The molecule has 17 heavy (non-hydrogen) atoms. The molecule has 6 nitrogen and oxygen atoms in total. The molecule has 1 aromatic rings. The van der Waals surface area contributed by atoms with E-state index in [1.165, 1.54) is 6.33 Å². The summed E-state index contributed by atoms with van der Waals surface area (Å²) in [5.74, 6) is 1.54. The summed E-state index contributed by atoms with van der Waals surface area (Å²) in [4.78, 5) is 8.35. The lowest BCUT2D eigenvalue weighted by Crippen LogP contribution is -2.29. The molecule has 6 heteroatoms. The van der Waals surface area contributed by atoms with Gasteiger partial charge in [0.1, 0.15) is 18.0 Å². The first kappa shape index (κ1) is 13.7. The number of anilines is 2. The molecular weight excluding hydrogens is 220 g/mol. The van der Waals surface area contributed by atoms with Gasteiger partial charge in [0.05, 0.1) is 19.3 Å². The van der Waals surface area contributed by atoms with Crippen molar-refractivity contribution in [2.45, 2.75) is 19.4 Å². The third-order valence-electron chi connectivity index (χ3n) is 2.46. The lowest BCUT2D eigenvalue weighted by Gasteiger charge is -2.18. The number of nitrogens with zero attached hydrogens (tertiary/aromatic N) is 2. The predicted molar refractivity (Wildman–Crippen MR) is 67.3 cm³/mol. The number of nitrogens with one attached hydrogen (secondary N) is 2. The van der Waals surface area contributed by atoms with Gasteiger partial charge in [0, 0.05) is 19.7 Å². The van der Waals surface area contributed by atoms with Crippen LogP contribution in [-0.4, -0.2) is 48.5 Å². The van der Waals surface area contributed by atoms with Gasteiger partial charge >= 0.3 is 0 Å². The van der Waals surface area contributed by atoms with Crippen molar-refractivity contribution in [2.24, 2.45) is 0 Å². The molecule has 1 rings (SSSR count). The highest BCUT2D eigenvalue weighted by atomic mass is 16.5. The number of hydrogen-bond donors (Lipinski definition) is 3. The van der Waals surface area contributed by atoms with E-state index >= 15 is 0 Å². The molecule has 0 aliphatic carbocycles. The SMILES string of the molecule is CCc1c(NC)ncnc1NC(CO)COC. The molecule has 0 aliphatic rings. The molecule has 1 atom stereocenters. The quantitative estimate of drug-likeness (QED) is 0.644. The standard InChI is InChI=1S/C11H20N4O2/c1-4-9-10(12-2)13-7-14-11(9)15-8(5-16)6-17-3/h7-8,16H,4-6H2,1-3H3,(H2,12,13,14,15). The molecule has 3 N–H and O–H groups in total. The van der Waals surface area contributed by atoms with Crippen molar-refractivity contribution in [1.29, 1.82) is 0 Å². The average Bonchev–Trinajstić information content (AvgIpc) is 2.37. The Morgan fingerprint density at radius 3 is 2.65 bits per heavy atom. The molecular formula is C11H20N4O2. The highest BCUT2D eigenvalue weighted by Gasteiger charge is 2.13. The van der Waals surface area contributed by atoms with Crippen molar-refractivity contribution >= 4 is 11.6 Å². The van der Waals surface area contributed by atoms with Gasteiger partial charge in [-0.25, -0.2) is 9.97 Å². The van der Waals surface area contributed by atoms with Crippen LogP contribution >= 0.6 is 0 Å². The van der Waals surface area contributed by atoms with E-state index in [4.69, 9.17) is 4.74 Å². The third kappa shape index (κ3) is 3.54. The normalized spacial score (nSPS) is 12.2. The molecule has 1 heterocycles. The van der Waals surface area contributed by atoms with Gasteiger partial charge in [0.25, 0.3) is 0 Å². The Morgan fingerprint density at radius 1 is 1.41 bits per heavy atom. The van der Waals surface area contributed by atoms with Crippen molar-refractivity contribution in [3.63, 3.8) is 0 Å². The van der Waals surface area contributed by atoms with Crippen molar-refractivity contribution in [1.82, 2.24) is 9.97 Å². The van der Waals surface area contributed by atoms with Crippen molar-refractivity contribution in [3.05, 3.63) is 11.9 Å². The van der Waals surface area contributed by atoms with E-state index in [-0.39, 0.29) is 12.6 Å². The Hall–Kier alpha value is -1.40. The highest BCUT2D eigenvalue weighted by molar-refractivity contribution is 5.57. The summed E-state index contributed by atoms with van der Waals surface area (Å²) in [6.07, 6.45) is 2.30. The number of aliphatic hydroxyl groups is 1. The minimum atomic E-state index is -0.162. The minimum Gasteiger partial charge on any atom is -0.394 e. The molecule has 0 aromatic carbocycles. The van der Waals surface area contributed by atoms with E-state index in [2.05, 4.69) is 20.6 Å². The summed E-state index contributed by atoms with van der Waals surface area (Å²) >= 11 is 0. The largest absolute Gasteiger partial charge is 0.394 e. The van der Waals surface area contributed by atoms with Crippen LogP contribution in [0.2, 0.25) is 0 Å². The van der Waals surface area contributed by atoms with E-state index in [0.29, 0.717) is 6.61 Å². The molecule has 0 spiro atoms. The molecule has 0 aliphatic heterocycles. The zero-order valence-electron chi connectivity index (χ0n) is 10.5. The summed E-state index contributed by atoms with van der Waals surface area (Å²) in [6.45, 7) is 2.46. The minimum absolute atomic E-state index is 0.00408. The molecule has 1 aromatic heterocycles. The predicted octanol–water partition coefficient (Wildman–Crippen LogP) is 0.500. The molecule has 0 amide bonds. The fraction of sp³-hybridized carbons (Fsp3) is 0.636. The van der Waals surface area contributed by atoms with Crippen LogP contribution < -0.4 is 10.6 Å². The van der Waals surface area contributed by atoms with E-state index in [0.717, 1.165) is 23.6 Å². The number of hydrogen-bond acceptors (Lipinski definition) is 6. The van der Waals surface area contributed by atoms with Gasteiger partial charge < -0.3 is 20.5 Å². The second kappa shape index (κ2) is 7.03. The van der Waals surface area contributed by atoms with Gasteiger partial charge in [0.2, 0.25) is 0 Å². The Bertz CT molecular complexity index is 346. The van der Waals surface area contributed by atoms with Gasteiger partial charge in [-0.15, -0.1) is 0 Å². The Balaban J connectivity index is 2.88. The summed E-state index contributed by atoms with van der Waals surface area (Å²) < 4.78 is 5.02. The summed E-state index contributed by atoms with van der Waals surface area (Å²) in [7, 11) is 3.42. The maximum atomic E-state index is 9.21. The van der Waals surface area contributed by atoms with Gasteiger partial charge in [-0.3, -0.25) is 0 Å². The molecule has 0 saturated carbocycles. The lowest BCUT2D eigenvalue weighted by atomic mass is 10.2. The monoisotopic (exact) mass is 240 g/mol. The van der Waals surface area contributed by atoms with Crippen molar-refractivity contribution in [2.75, 3.05) is 38.0 Å². The Kier molecular flexibility index (Phi) is 5.65. The summed E-state index contributed by atoms with van der Waals surface area (Å²) in [5, 5.41) is 15.4. The summed E-state index contributed by atoms with van der Waals surface area (Å²) in [5.41, 5.74) is 1.00. The van der Waals surface area contributed by atoms with Crippen LogP contribution in [-0.2, 0) is 11.2 Å². The number of aliphatic hydroxyl groups excluding tert-OH is 1. The molecule has 96 valence electrons. The molecule has 0 bridgehead atoms. The first-order valence-electron chi connectivity index (χ1n) is 5.64. The maximum Gasteiger partial charge on any atom is 0.135 e. The number of methoxy groups -OCH3 is 1. The van der Waals surface area contributed by atoms with E-state index in [9.17, 15) is 5.11 Å². The zero-order chi connectivity index (χ0) is 12.7. The molecule has 0 radical (unpaired) electrons. The first-order valence-corrected chi connectivity index (χ1v) is 5.64. The topological polar surface area (TPSA) is 79.3 Å². The first-order chi connectivity index (χ1) is 8.26. The second-order valence-electron chi connectivity index (χ2n) is 3.63. The van der Waals surface area contributed by atoms with E-state index in [1.54, 1.807) is 7.11 Å².